The highest BCUT2D eigenvalue weighted by molar-refractivity contribution is 5.23. The molecule has 0 atom stereocenters. The maximum atomic E-state index is 5.72. The minimum absolute atomic E-state index is 0.482. The van der Waals surface area contributed by atoms with Gasteiger partial charge < -0.3 is 10.1 Å². The number of nitrogens with zero attached hydrogens (tertiary/aromatic N) is 1. The standard InChI is InChI=1S/C18H30N2O/c1-3-10-19-14-16-6-5-7-17(13-16)15-20-11-8-18(9-12-20)21-4-2/h5-7,13,18-19H,3-4,8-12,14-15H2,1-2H3. The van der Waals surface area contributed by atoms with Gasteiger partial charge in [0.25, 0.3) is 0 Å². The zero-order valence-corrected chi connectivity index (χ0v) is 13.6. The second-order valence-corrected chi connectivity index (χ2v) is 5.93. The average molecular weight is 290 g/mol. The first-order valence-electron chi connectivity index (χ1n) is 8.44. The van der Waals surface area contributed by atoms with Gasteiger partial charge in [0.1, 0.15) is 0 Å². The van der Waals surface area contributed by atoms with Gasteiger partial charge in [-0.1, -0.05) is 31.2 Å². The Morgan fingerprint density at radius 3 is 2.67 bits per heavy atom. The van der Waals surface area contributed by atoms with Crippen LogP contribution in [0.3, 0.4) is 0 Å². The zero-order chi connectivity index (χ0) is 14.9. The second-order valence-electron chi connectivity index (χ2n) is 5.93. The highest BCUT2D eigenvalue weighted by atomic mass is 16.5. The number of nitrogens with one attached hydrogen (secondary N) is 1. The van der Waals surface area contributed by atoms with Gasteiger partial charge in [0.15, 0.2) is 0 Å². The highest BCUT2D eigenvalue weighted by Crippen LogP contribution is 2.16. The van der Waals surface area contributed by atoms with Crippen molar-refractivity contribution < 1.29 is 4.74 Å². The van der Waals surface area contributed by atoms with Crippen LogP contribution >= 0.6 is 0 Å². The average Bonchev–Trinajstić information content (AvgIpc) is 2.50. The van der Waals surface area contributed by atoms with Gasteiger partial charge in [-0.05, 0) is 43.9 Å². The van der Waals surface area contributed by atoms with Gasteiger partial charge in [-0.3, -0.25) is 4.90 Å². The fourth-order valence-corrected chi connectivity index (χ4v) is 2.98. The molecule has 0 aliphatic carbocycles. The van der Waals surface area contributed by atoms with E-state index in [-0.39, 0.29) is 0 Å². The first-order valence-corrected chi connectivity index (χ1v) is 8.44. The van der Waals surface area contributed by atoms with Gasteiger partial charge in [0.05, 0.1) is 6.10 Å². The molecule has 2 rings (SSSR count). The monoisotopic (exact) mass is 290 g/mol. The quantitative estimate of drug-likeness (QED) is 0.744. The Hall–Kier alpha value is -0.900. The topological polar surface area (TPSA) is 24.5 Å². The Morgan fingerprint density at radius 2 is 1.95 bits per heavy atom. The van der Waals surface area contributed by atoms with E-state index in [1.54, 1.807) is 0 Å². The number of ether oxygens (including phenoxy) is 1. The summed E-state index contributed by atoms with van der Waals surface area (Å²) in [5.41, 5.74) is 2.82. The molecule has 1 aromatic carbocycles. The van der Waals surface area contributed by atoms with Crippen LogP contribution in [0.5, 0.6) is 0 Å². The number of rotatable bonds is 8. The third-order valence-electron chi connectivity index (χ3n) is 4.09. The highest BCUT2D eigenvalue weighted by Gasteiger charge is 2.19. The number of hydrogen-bond donors (Lipinski definition) is 1. The Kier molecular flexibility index (Phi) is 7.20. The second kappa shape index (κ2) is 9.19. The van der Waals surface area contributed by atoms with Crippen LogP contribution in [0, 0.1) is 0 Å². The first kappa shape index (κ1) is 16.5. The third-order valence-corrected chi connectivity index (χ3v) is 4.09. The minimum atomic E-state index is 0.482. The van der Waals surface area contributed by atoms with E-state index in [1.807, 2.05) is 0 Å². The van der Waals surface area contributed by atoms with Crippen molar-refractivity contribution in [2.24, 2.45) is 0 Å². The van der Waals surface area contributed by atoms with Gasteiger partial charge in [-0.25, -0.2) is 0 Å². The normalized spacial score (nSPS) is 17.2. The number of hydrogen-bond acceptors (Lipinski definition) is 3. The number of benzene rings is 1. The van der Waals surface area contributed by atoms with Crippen LogP contribution in [0.4, 0.5) is 0 Å². The van der Waals surface area contributed by atoms with E-state index in [0.29, 0.717) is 6.10 Å². The lowest BCUT2D eigenvalue weighted by Crippen LogP contribution is -2.36. The fraction of sp³-hybridized carbons (Fsp3) is 0.667. The maximum Gasteiger partial charge on any atom is 0.0599 e. The number of piperidine rings is 1. The molecule has 1 fully saturated rings. The molecule has 0 radical (unpaired) electrons. The summed E-state index contributed by atoms with van der Waals surface area (Å²) in [6.07, 6.45) is 4.02. The van der Waals surface area contributed by atoms with Crippen LogP contribution in [0.25, 0.3) is 0 Å². The van der Waals surface area contributed by atoms with Crippen LogP contribution in [-0.4, -0.2) is 37.2 Å². The summed E-state index contributed by atoms with van der Waals surface area (Å²) in [5.74, 6) is 0. The Labute approximate surface area is 129 Å². The van der Waals surface area contributed by atoms with E-state index in [4.69, 9.17) is 4.74 Å². The largest absolute Gasteiger partial charge is 0.378 e. The Bertz CT molecular complexity index is 400. The van der Waals surface area contributed by atoms with Crippen molar-refractivity contribution in [2.45, 2.75) is 52.3 Å². The molecule has 1 aliphatic heterocycles. The molecule has 1 N–H and O–H groups in total. The van der Waals surface area contributed by atoms with Crippen molar-refractivity contribution in [3.05, 3.63) is 35.4 Å². The van der Waals surface area contributed by atoms with Crippen molar-refractivity contribution in [3.63, 3.8) is 0 Å². The van der Waals surface area contributed by atoms with Gasteiger partial charge in [-0.2, -0.15) is 0 Å². The molecule has 1 aromatic rings. The molecule has 1 saturated heterocycles. The molecule has 3 heteroatoms. The maximum absolute atomic E-state index is 5.72. The van der Waals surface area contributed by atoms with Gasteiger partial charge in [0, 0.05) is 32.8 Å². The molecule has 0 spiro atoms. The molecular weight excluding hydrogens is 260 g/mol. The van der Waals surface area contributed by atoms with Crippen molar-refractivity contribution >= 4 is 0 Å². The Morgan fingerprint density at radius 1 is 1.19 bits per heavy atom. The Balaban J connectivity index is 1.79. The molecule has 0 unspecified atom stereocenters. The van der Waals surface area contributed by atoms with Crippen LogP contribution in [-0.2, 0) is 17.8 Å². The molecule has 1 heterocycles. The molecule has 118 valence electrons. The third kappa shape index (κ3) is 5.77. The smallest absolute Gasteiger partial charge is 0.0599 e. The molecule has 1 aliphatic rings. The molecule has 0 bridgehead atoms. The first-order chi connectivity index (χ1) is 10.3. The van der Waals surface area contributed by atoms with E-state index >= 15 is 0 Å². The van der Waals surface area contributed by atoms with Crippen molar-refractivity contribution in [3.8, 4) is 0 Å². The summed E-state index contributed by atoms with van der Waals surface area (Å²) in [4.78, 5) is 2.55. The van der Waals surface area contributed by atoms with Crippen molar-refractivity contribution in [1.82, 2.24) is 10.2 Å². The van der Waals surface area contributed by atoms with E-state index in [0.717, 1.165) is 39.3 Å². The summed E-state index contributed by atoms with van der Waals surface area (Å²) in [5, 5.41) is 3.47. The lowest BCUT2D eigenvalue weighted by molar-refractivity contribution is 0.0125. The van der Waals surface area contributed by atoms with E-state index in [9.17, 15) is 0 Å². The summed E-state index contributed by atoms with van der Waals surface area (Å²) in [7, 11) is 0. The minimum Gasteiger partial charge on any atom is -0.378 e. The lowest BCUT2D eigenvalue weighted by Gasteiger charge is -2.31. The molecule has 3 nitrogen and oxygen atoms in total. The predicted molar refractivity (Wildman–Crippen MR) is 88.4 cm³/mol. The van der Waals surface area contributed by atoms with Crippen LogP contribution in [0.2, 0.25) is 0 Å². The summed E-state index contributed by atoms with van der Waals surface area (Å²) in [6.45, 7) is 10.6. The lowest BCUT2D eigenvalue weighted by atomic mass is 10.1. The van der Waals surface area contributed by atoms with Crippen LogP contribution < -0.4 is 5.32 Å². The van der Waals surface area contributed by atoms with E-state index < -0.39 is 0 Å². The molecule has 0 aromatic heterocycles. The number of likely N-dealkylation sites (tertiary alicyclic amines) is 1. The molecular formula is C18H30N2O. The summed E-state index contributed by atoms with van der Waals surface area (Å²) in [6, 6.07) is 8.99. The fourth-order valence-electron chi connectivity index (χ4n) is 2.98. The van der Waals surface area contributed by atoms with Crippen LogP contribution in [0.15, 0.2) is 24.3 Å². The van der Waals surface area contributed by atoms with Gasteiger partial charge in [-0.15, -0.1) is 0 Å². The van der Waals surface area contributed by atoms with Crippen molar-refractivity contribution in [2.75, 3.05) is 26.2 Å². The zero-order valence-electron chi connectivity index (χ0n) is 13.6. The summed E-state index contributed by atoms with van der Waals surface area (Å²) >= 11 is 0. The van der Waals surface area contributed by atoms with E-state index in [1.165, 1.54) is 30.4 Å². The SMILES string of the molecule is CCCNCc1cccc(CN2CCC(OCC)CC2)c1. The van der Waals surface area contributed by atoms with Crippen LogP contribution in [0.1, 0.15) is 44.2 Å². The van der Waals surface area contributed by atoms with E-state index in [2.05, 4.69) is 48.3 Å². The molecule has 0 amide bonds. The predicted octanol–water partition coefficient (Wildman–Crippen LogP) is 3.19. The summed E-state index contributed by atoms with van der Waals surface area (Å²) < 4.78 is 5.72. The van der Waals surface area contributed by atoms with Crippen molar-refractivity contribution in [1.29, 1.82) is 0 Å². The van der Waals surface area contributed by atoms with Gasteiger partial charge in [0.2, 0.25) is 0 Å². The van der Waals surface area contributed by atoms with Gasteiger partial charge >= 0.3 is 0 Å². The molecule has 0 saturated carbocycles. The molecule has 21 heavy (non-hydrogen) atoms.